The second-order valence-corrected chi connectivity index (χ2v) is 4.12. The highest BCUT2D eigenvalue weighted by atomic mass is 16.5. The first kappa shape index (κ1) is 13.7. The zero-order valence-corrected chi connectivity index (χ0v) is 10.5. The molecule has 0 bridgehead atoms. The first-order valence-electron chi connectivity index (χ1n) is 5.93. The van der Waals surface area contributed by atoms with Gasteiger partial charge in [-0.2, -0.15) is 4.98 Å². The molecule has 0 unspecified atom stereocenters. The molecule has 2 heterocycles. The maximum atomic E-state index is 11.9. The minimum absolute atomic E-state index is 0.228. The molecule has 1 saturated heterocycles. The molecule has 7 nitrogen and oxygen atoms in total. The standard InChI is InChI=1S/C12H16N2O5/c1-3-18-9-4-5-14(12(17)13-9)11-7(2)10(16)8(6-15)19-11/h4-5,8,10-11,15-16H,2-3,6H2,1H3/t8-,10+,11-/m1/s1. The number of aliphatic hydroxyl groups excluding tert-OH is 2. The zero-order valence-electron chi connectivity index (χ0n) is 10.5. The molecule has 2 rings (SSSR count). The molecular formula is C12H16N2O5. The van der Waals surface area contributed by atoms with E-state index in [0.717, 1.165) is 0 Å². The third kappa shape index (κ3) is 2.53. The summed E-state index contributed by atoms with van der Waals surface area (Å²) in [5.74, 6) is 0.228. The lowest BCUT2D eigenvalue weighted by atomic mass is 10.1. The van der Waals surface area contributed by atoms with Gasteiger partial charge in [-0.1, -0.05) is 6.58 Å². The van der Waals surface area contributed by atoms with Gasteiger partial charge in [-0.3, -0.25) is 4.57 Å². The second-order valence-electron chi connectivity index (χ2n) is 4.12. The minimum Gasteiger partial charge on any atom is -0.478 e. The summed E-state index contributed by atoms with van der Waals surface area (Å²) in [4.78, 5) is 15.6. The number of hydrogen-bond acceptors (Lipinski definition) is 6. The van der Waals surface area contributed by atoms with Gasteiger partial charge in [0.15, 0.2) is 6.23 Å². The van der Waals surface area contributed by atoms with Crippen LogP contribution in [-0.4, -0.2) is 45.2 Å². The first-order chi connectivity index (χ1) is 9.08. The smallest absolute Gasteiger partial charge is 0.353 e. The molecule has 1 aromatic rings. The van der Waals surface area contributed by atoms with Crippen LogP contribution in [0.5, 0.6) is 5.88 Å². The molecular weight excluding hydrogens is 252 g/mol. The van der Waals surface area contributed by atoms with Gasteiger partial charge < -0.3 is 19.7 Å². The quantitative estimate of drug-likeness (QED) is 0.712. The van der Waals surface area contributed by atoms with Crippen LogP contribution in [0.15, 0.2) is 29.2 Å². The highest BCUT2D eigenvalue weighted by Crippen LogP contribution is 2.31. The SMILES string of the molecule is C=C1[C@H](n2ccc(OCC)nc2=O)O[C@H](CO)[C@H]1O. The van der Waals surface area contributed by atoms with E-state index in [1.165, 1.54) is 16.8 Å². The van der Waals surface area contributed by atoms with Crippen LogP contribution in [0.4, 0.5) is 0 Å². The van der Waals surface area contributed by atoms with Crippen LogP contribution in [0, 0.1) is 0 Å². The van der Waals surface area contributed by atoms with Crippen molar-refractivity contribution in [3.63, 3.8) is 0 Å². The van der Waals surface area contributed by atoms with Gasteiger partial charge in [0.05, 0.1) is 13.2 Å². The fourth-order valence-electron chi connectivity index (χ4n) is 1.90. The number of aromatic nitrogens is 2. The van der Waals surface area contributed by atoms with Crippen molar-refractivity contribution < 1.29 is 19.7 Å². The third-order valence-corrected chi connectivity index (χ3v) is 2.88. The molecule has 0 saturated carbocycles. The number of rotatable bonds is 4. The Hall–Kier alpha value is -1.70. The van der Waals surface area contributed by atoms with Crippen molar-refractivity contribution in [3.05, 3.63) is 34.9 Å². The molecule has 1 aromatic heterocycles. The van der Waals surface area contributed by atoms with Crippen molar-refractivity contribution >= 4 is 0 Å². The van der Waals surface area contributed by atoms with Gasteiger partial charge in [0.25, 0.3) is 0 Å². The van der Waals surface area contributed by atoms with Gasteiger partial charge in [-0.05, 0) is 6.92 Å². The Balaban J connectivity index is 2.28. The Bertz CT molecular complexity index is 527. The van der Waals surface area contributed by atoms with Gasteiger partial charge in [-0.15, -0.1) is 0 Å². The molecule has 0 aliphatic carbocycles. The number of nitrogens with zero attached hydrogens (tertiary/aromatic N) is 2. The lowest BCUT2D eigenvalue weighted by molar-refractivity contribution is -0.0448. The van der Waals surface area contributed by atoms with E-state index in [1.54, 1.807) is 6.92 Å². The maximum Gasteiger partial charge on any atom is 0.353 e. The fraction of sp³-hybridized carbons (Fsp3) is 0.500. The molecule has 0 amide bonds. The van der Waals surface area contributed by atoms with Gasteiger partial charge in [-0.25, -0.2) is 4.79 Å². The topological polar surface area (TPSA) is 93.8 Å². The van der Waals surface area contributed by atoms with E-state index >= 15 is 0 Å². The molecule has 1 aliphatic rings. The van der Waals surface area contributed by atoms with Crippen molar-refractivity contribution in [3.8, 4) is 5.88 Å². The van der Waals surface area contributed by atoms with Crippen molar-refractivity contribution in [1.82, 2.24) is 9.55 Å². The van der Waals surface area contributed by atoms with Crippen LogP contribution in [0.25, 0.3) is 0 Å². The largest absolute Gasteiger partial charge is 0.478 e. The molecule has 0 spiro atoms. The molecule has 19 heavy (non-hydrogen) atoms. The monoisotopic (exact) mass is 268 g/mol. The Morgan fingerprint density at radius 1 is 1.63 bits per heavy atom. The zero-order chi connectivity index (χ0) is 14.0. The Kier molecular flexibility index (Phi) is 3.98. The highest BCUT2D eigenvalue weighted by molar-refractivity contribution is 5.16. The summed E-state index contributed by atoms with van der Waals surface area (Å²) in [6.07, 6.45) is -1.16. The highest BCUT2D eigenvalue weighted by Gasteiger charge is 2.38. The Morgan fingerprint density at radius 2 is 2.37 bits per heavy atom. The summed E-state index contributed by atoms with van der Waals surface area (Å²) >= 11 is 0. The van der Waals surface area contributed by atoms with Crippen molar-refractivity contribution in [1.29, 1.82) is 0 Å². The summed E-state index contributed by atoms with van der Waals surface area (Å²) < 4.78 is 11.7. The van der Waals surface area contributed by atoms with E-state index in [1.807, 2.05) is 0 Å². The van der Waals surface area contributed by atoms with E-state index < -0.39 is 24.1 Å². The Labute approximate surface area is 109 Å². The van der Waals surface area contributed by atoms with Crippen molar-refractivity contribution in [2.45, 2.75) is 25.4 Å². The van der Waals surface area contributed by atoms with E-state index in [-0.39, 0.29) is 12.5 Å². The van der Waals surface area contributed by atoms with E-state index in [2.05, 4.69) is 11.6 Å². The van der Waals surface area contributed by atoms with E-state index in [9.17, 15) is 9.90 Å². The molecule has 104 valence electrons. The predicted octanol–water partition coefficient (Wildman–Crippen LogP) is -0.551. The number of ether oxygens (including phenoxy) is 2. The van der Waals surface area contributed by atoms with Crippen molar-refractivity contribution in [2.75, 3.05) is 13.2 Å². The molecule has 2 N–H and O–H groups in total. The van der Waals surface area contributed by atoms with Crippen LogP contribution >= 0.6 is 0 Å². The van der Waals surface area contributed by atoms with Crippen LogP contribution in [0.3, 0.4) is 0 Å². The molecule has 7 heteroatoms. The number of aliphatic hydroxyl groups is 2. The Morgan fingerprint density at radius 3 is 2.89 bits per heavy atom. The van der Waals surface area contributed by atoms with Crippen LogP contribution in [0.1, 0.15) is 13.2 Å². The summed E-state index contributed by atoms with van der Waals surface area (Å²) in [7, 11) is 0. The van der Waals surface area contributed by atoms with Gasteiger partial charge >= 0.3 is 5.69 Å². The number of hydrogen-bond donors (Lipinski definition) is 2. The average molecular weight is 268 g/mol. The maximum absolute atomic E-state index is 11.9. The van der Waals surface area contributed by atoms with Gasteiger partial charge in [0.1, 0.15) is 12.2 Å². The minimum atomic E-state index is -1.01. The first-order valence-corrected chi connectivity index (χ1v) is 5.93. The van der Waals surface area contributed by atoms with Crippen LogP contribution in [-0.2, 0) is 4.74 Å². The summed E-state index contributed by atoms with van der Waals surface area (Å²) in [5.41, 5.74) is -0.255. The van der Waals surface area contributed by atoms with Crippen molar-refractivity contribution in [2.24, 2.45) is 0 Å². The molecule has 1 aliphatic heterocycles. The molecule has 3 atom stereocenters. The van der Waals surface area contributed by atoms with E-state index in [4.69, 9.17) is 14.6 Å². The van der Waals surface area contributed by atoms with Gasteiger partial charge in [0.2, 0.25) is 5.88 Å². The molecule has 0 radical (unpaired) electrons. The lowest BCUT2D eigenvalue weighted by Crippen LogP contribution is -2.28. The predicted molar refractivity (Wildman–Crippen MR) is 65.8 cm³/mol. The average Bonchev–Trinajstić information content (AvgIpc) is 2.67. The fourth-order valence-corrected chi connectivity index (χ4v) is 1.90. The molecule has 0 aromatic carbocycles. The summed E-state index contributed by atoms with van der Waals surface area (Å²) in [6, 6.07) is 1.53. The lowest BCUT2D eigenvalue weighted by Gasteiger charge is -2.14. The van der Waals surface area contributed by atoms with Gasteiger partial charge in [0, 0.05) is 17.8 Å². The molecule has 1 fully saturated rings. The van der Waals surface area contributed by atoms with E-state index in [0.29, 0.717) is 12.2 Å². The summed E-state index contributed by atoms with van der Waals surface area (Å²) in [6.45, 7) is 5.54. The summed E-state index contributed by atoms with van der Waals surface area (Å²) in [5, 5.41) is 18.8. The van der Waals surface area contributed by atoms with Crippen LogP contribution in [0.2, 0.25) is 0 Å². The van der Waals surface area contributed by atoms with Crippen LogP contribution < -0.4 is 10.4 Å². The second kappa shape index (κ2) is 5.52. The third-order valence-electron chi connectivity index (χ3n) is 2.88. The normalized spacial score (nSPS) is 26.7.